The highest BCUT2D eigenvalue weighted by molar-refractivity contribution is 9.10. The Morgan fingerprint density at radius 3 is 2.56 bits per heavy atom. The minimum Gasteiger partial charge on any atom is -0.497 e. The summed E-state index contributed by atoms with van der Waals surface area (Å²) in [4.78, 5) is 10.1. The van der Waals surface area contributed by atoms with Gasteiger partial charge in [-0.3, -0.25) is 4.79 Å². The van der Waals surface area contributed by atoms with Crippen molar-refractivity contribution in [1.82, 2.24) is 0 Å². The van der Waals surface area contributed by atoms with Crippen molar-refractivity contribution in [2.45, 2.75) is 24.1 Å². The van der Waals surface area contributed by atoms with Crippen molar-refractivity contribution in [3.8, 4) is 5.75 Å². The molecule has 88 valence electrons. The number of rotatable bonds is 6. The van der Waals surface area contributed by atoms with Gasteiger partial charge in [-0.15, -0.1) is 0 Å². The number of carbonyl (C=O) groups is 1. The standard InChI is InChI=1S/C12H15BrO3/c1-16-10-7-5-9(6-8-10)3-2-4-11(13)12(14)15/h5-8,11H,2-4H2,1H3,(H,14,15). The fourth-order valence-corrected chi connectivity index (χ4v) is 1.72. The van der Waals surface area contributed by atoms with Crippen molar-refractivity contribution in [2.24, 2.45) is 0 Å². The van der Waals surface area contributed by atoms with E-state index < -0.39 is 10.8 Å². The molecule has 16 heavy (non-hydrogen) atoms. The molecule has 4 heteroatoms. The third-order valence-electron chi connectivity index (χ3n) is 2.35. The topological polar surface area (TPSA) is 46.5 Å². The van der Waals surface area contributed by atoms with Gasteiger partial charge in [0.1, 0.15) is 10.6 Å². The van der Waals surface area contributed by atoms with Crippen LogP contribution in [-0.4, -0.2) is 23.0 Å². The van der Waals surface area contributed by atoms with Crippen LogP contribution in [0.15, 0.2) is 24.3 Å². The van der Waals surface area contributed by atoms with Gasteiger partial charge in [0.25, 0.3) is 0 Å². The summed E-state index contributed by atoms with van der Waals surface area (Å²) in [5, 5.41) is 8.68. The van der Waals surface area contributed by atoms with Crippen molar-refractivity contribution in [3.05, 3.63) is 29.8 Å². The summed E-state index contributed by atoms with van der Waals surface area (Å²) in [6, 6.07) is 7.84. The van der Waals surface area contributed by atoms with Gasteiger partial charge in [-0.05, 0) is 37.0 Å². The van der Waals surface area contributed by atoms with Crippen molar-refractivity contribution in [1.29, 1.82) is 0 Å². The molecule has 1 rings (SSSR count). The Bertz CT molecular complexity index is 335. The lowest BCUT2D eigenvalue weighted by atomic mass is 10.1. The Morgan fingerprint density at radius 2 is 2.06 bits per heavy atom. The summed E-state index contributed by atoms with van der Waals surface area (Å²) in [5.41, 5.74) is 1.20. The van der Waals surface area contributed by atoms with Crippen LogP contribution in [0.2, 0.25) is 0 Å². The molecule has 0 saturated carbocycles. The largest absolute Gasteiger partial charge is 0.497 e. The van der Waals surface area contributed by atoms with Gasteiger partial charge in [0.05, 0.1) is 7.11 Å². The van der Waals surface area contributed by atoms with Crippen molar-refractivity contribution in [3.63, 3.8) is 0 Å². The van der Waals surface area contributed by atoms with Crippen LogP contribution in [0.4, 0.5) is 0 Å². The molecule has 0 saturated heterocycles. The normalized spacial score (nSPS) is 12.1. The minimum absolute atomic E-state index is 0.439. The number of ether oxygens (including phenoxy) is 1. The van der Waals surface area contributed by atoms with Gasteiger partial charge in [-0.2, -0.15) is 0 Å². The molecular weight excluding hydrogens is 272 g/mol. The SMILES string of the molecule is COc1ccc(CCCC(Br)C(=O)O)cc1. The first-order valence-electron chi connectivity index (χ1n) is 5.13. The molecule has 3 nitrogen and oxygen atoms in total. The highest BCUT2D eigenvalue weighted by atomic mass is 79.9. The maximum Gasteiger partial charge on any atom is 0.317 e. The average Bonchev–Trinajstić information content (AvgIpc) is 2.29. The van der Waals surface area contributed by atoms with Crippen LogP contribution >= 0.6 is 15.9 Å². The van der Waals surface area contributed by atoms with Gasteiger partial charge in [0, 0.05) is 0 Å². The lowest BCUT2D eigenvalue weighted by Crippen LogP contribution is -2.12. The Morgan fingerprint density at radius 1 is 1.44 bits per heavy atom. The molecule has 1 aromatic rings. The van der Waals surface area contributed by atoms with Crippen LogP contribution < -0.4 is 4.74 Å². The predicted octanol–water partition coefficient (Wildman–Crippen LogP) is 2.87. The molecule has 0 aromatic heterocycles. The van der Waals surface area contributed by atoms with E-state index in [1.165, 1.54) is 5.56 Å². The zero-order chi connectivity index (χ0) is 12.0. The van der Waals surface area contributed by atoms with Crippen LogP contribution in [-0.2, 0) is 11.2 Å². The van der Waals surface area contributed by atoms with Crippen molar-refractivity contribution in [2.75, 3.05) is 7.11 Å². The third-order valence-corrected chi connectivity index (χ3v) is 3.20. The number of aliphatic carboxylic acids is 1. The van der Waals surface area contributed by atoms with Crippen molar-refractivity contribution >= 4 is 21.9 Å². The second-order valence-corrected chi connectivity index (χ2v) is 4.65. The molecule has 1 aromatic carbocycles. The highest BCUT2D eigenvalue weighted by Gasteiger charge is 2.11. The number of benzene rings is 1. The van der Waals surface area contributed by atoms with E-state index in [0.29, 0.717) is 6.42 Å². The number of halogens is 1. The predicted molar refractivity (Wildman–Crippen MR) is 66.3 cm³/mol. The van der Waals surface area contributed by atoms with E-state index in [9.17, 15) is 4.79 Å². The molecule has 0 bridgehead atoms. The Hall–Kier alpha value is -1.03. The molecule has 0 spiro atoms. The number of aryl methyl sites for hydroxylation is 1. The molecular formula is C12H15BrO3. The smallest absolute Gasteiger partial charge is 0.317 e. The van der Waals surface area contributed by atoms with E-state index in [1.807, 2.05) is 24.3 Å². The minimum atomic E-state index is -0.797. The summed E-state index contributed by atoms with van der Waals surface area (Å²) < 4.78 is 5.06. The number of carboxylic acid groups (broad SMARTS) is 1. The van der Waals surface area contributed by atoms with Crippen LogP contribution in [0, 0.1) is 0 Å². The summed E-state index contributed by atoms with van der Waals surface area (Å²) in [7, 11) is 1.64. The molecule has 1 unspecified atom stereocenters. The maximum atomic E-state index is 10.6. The number of alkyl halides is 1. The van der Waals surface area contributed by atoms with E-state index in [-0.39, 0.29) is 0 Å². The van der Waals surface area contributed by atoms with E-state index >= 15 is 0 Å². The second-order valence-electron chi connectivity index (χ2n) is 3.55. The van der Waals surface area contributed by atoms with E-state index in [2.05, 4.69) is 15.9 Å². The zero-order valence-electron chi connectivity index (χ0n) is 9.15. The average molecular weight is 287 g/mol. The monoisotopic (exact) mass is 286 g/mol. The molecule has 0 amide bonds. The highest BCUT2D eigenvalue weighted by Crippen LogP contribution is 2.15. The fourth-order valence-electron chi connectivity index (χ4n) is 1.40. The number of hydrogen-bond donors (Lipinski definition) is 1. The molecule has 1 atom stereocenters. The first-order chi connectivity index (χ1) is 7.63. The van der Waals surface area contributed by atoms with Gasteiger partial charge in [0.15, 0.2) is 0 Å². The molecule has 0 radical (unpaired) electrons. The fraction of sp³-hybridized carbons (Fsp3) is 0.417. The third kappa shape index (κ3) is 4.23. The van der Waals surface area contributed by atoms with Crippen LogP contribution in [0.5, 0.6) is 5.75 Å². The quantitative estimate of drug-likeness (QED) is 0.818. The van der Waals surface area contributed by atoms with Gasteiger partial charge < -0.3 is 9.84 Å². The molecule has 1 N–H and O–H groups in total. The molecule has 0 heterocycles. The van der Waals surface area contributed by atoms with Gasteiger partial charge in [0.2, 0.25) is 0 Å². The van der Waals surface area contributed by atoms with Crippen LogP contribution in [0.3, 0.4) is 0 Å². The maximum absolute atomic E-state index is 10.6. The van der Waals surface area contributed by atoms with Gasteiger partial charge in [-0.1, -0.05) is 28.1 Å². The molecule has 0 fully saturated rings. The van der Waals surface area contributed by atoms with Crippen LogP contribution in [0.25, 0.3) is 0 Å². The molecule has 0 aliphatic rings. The van der Waals surface area contributed by atoms with E-state index in [1.54, 1.807) is 7.11 Å². The van der Waals surface area contributed by atoms with Crippen LogP contribution in [0.1, 0.15) is 18.4 Å². The summed E-state index contributed by atoms with van der Waals surface area (Å²) in [6.45, 7) is 0. The lowest BCUT2D eigenvalue weighted by Gasteiger charge is -2.05. The van der Waals surface area contributed by atoms with Gasteiger partial charge in [-0.25, -0.2) is 0 Å². The molecule has 0 aliphatic heterocycles. The van der Waals surface area contributed by atoms with Crippen molar-refractivity contribution < 1.29 is 14.6 Å². The zero-order valence-corrected chi connectivity index (χ0v) is 10.7. The first-order valence-corrected chi connectivity index (χ1v) is 6.05. The number of hydrogen-bond acceptors (Lipinski definition) is 2. The van der Waals surface area contributed by atoms with E-state index in [4.69, 9.17) is 9.84 Å². The van der Waals surface area contributed by atoms with E-state index in [0.717, 1.165) is 18.6 Å². The van der Waals surface area contributed by atoms with Gasteiger partial charge >= 0.3 is 5.97 Å². The Balaban J connectivity index is 2.34. The number of carboxylic acids is 1. The summed E-state index contributed by atoms with van der Waals surface area (Å²) >= 11 is 3.12. The second kappa shape index (κ2) is 6.53. The lowest BCUT2D eigenvalue weighted by molar-refractivity contribution is -0.136. The first kappa shape index (κ1) is 13.0. The number of methoxy groups -OCH3 is 1. The Kier molecular flexibility index (Phi) is 5.32. The molecule has 0 aliphatic carbocycles. The summed E-state index contributed by atoms with van der Waals surface area (Å²) in [6.07, 6.45) is 2.38. The Labute approximate surface area is 104 Å². The summed E-state index contributed by atoms with van der Waals surface area (Å²) in [5.74, 6) is 0.0439.